The number of hydrazine groups is 1. The fraction of sp³-hybridized carbons (Fsp3) is 0. The molecule has 0 aliphatic rings. The summed E-state index contributed by atoms with van der Waals surface area (Å²) in [6, 6.07) is 8.71. The minimum atomic E-state index is 0.322. The van der Waals surface area contributed by atoms with Crippen molar-refractivity contribution in [3.8, 4) is 5.75 Å². The summed E-state index contributed by atoms with van der Waals surface area (Å²) in [6.07, 6.45) is 0. The molecule has 0 heterocycles. The third kappa shape index (κ3) is 3.52. The normalized spacial score (nSPS) is 7.33. The molecule has 1 rings (SSSR count). The van der Waals surface area contributed by atoms with Crippen LogP contribution in [0.15, 0.2) is 30.3 Å². The van der Waals surface area contributed by atoms with Crippen LogP contribution in [0.4, 0.5) is 0 Å². The molecule has 0 aliphatic carbocycles. The zero-order valence-corrected chi connectivity index (χ0v) is 4.99. The molecule has 0 unspecified atom stereocenters. The van der Waals surface area contributed by atoms with E-state index in [1.54, 1.807) is 24.3 Å². The summed E-state index contributed by atoms with van der Waals surface area (Å²) in [7, 11) is 0. The number of nitrogens with two attached hydrogens (primary N) is 2. The third-order valence-electron chi connectivity index (χ3n) is 0.756. The lowest BCUT2D eigenvalue weighted by Crippen LogP contribution is -2.02. The number of benzene rings is 1. The second kappa shape index (κ2) is 5.08. The second-order valence-electron chi connectivity index (χ2n) is 1.34. The number of rotatable bonds is 0. The van der Waals surface area contributed by atoms with E-state index < -0.39 is 0 Å². The largest absolute Gasteiger partial charge is 0.508 e. The van der Waals surface area contributed by atoms with Crippen LogP contribution in [0.25, 0.3) is 0 Å². The van der Waals surface area contributed by atoms with Gasteiger partial charge in [-0.3, -0.25) is 11.7 Å². The standard InChI is InChI=1S/C6H6O.H4N2/c7-6-4-2-1-3-5-6;1-2/h1-5,7H;1-2H2. The topological polar surface area (TPSA) is 72.3 Å². The zero-order valence-electron chi connectivity index (χ0n) is 4.99. The number of phenols is 1. The van der Waals surface area contributed by atoms with Gasteiger partial charge in [0.25, 0.3) is 0 Å². The van der Waals surface area contributed by atoms with Crippen LogP contribution in [0.1, 0.15) is 0 Å². The predicted octanol–water partition coefficient (Wildman–Crippen LogP) is 0.211. The van der Waals surface area contributed by atoms with Gasteiger partial charge < -0.3 is 5.11 Å². The van der Waals surface area contributed by atoms with E-state index in [0.717, 1.165) is 0 Å². The number of para-hydroxylation sites is 1. The number of hydrogen-bond donors (Lipinski definition) is 3. The van der Waals surface area contributed by atoms with Crippen LogP contribution in [0, 0.1) is 0 Å². The molecule has 9 heavy (non-hydrogen) atoms. The molecule has 0 aliphatic heterocycles. The van der Waals surface area contributed by atoms with Gasteiger partial charge in [0.2, 0.25) is 0 Å². The molecule has 0 aromatic heterocycles. The summed E-state index contributed by atoms with van der Waals surface area (Å²) in [5, 5.41) is 8.63. The minimum Gasteiger partial charge on any atom is -0.508 e. The van der Waals surface area contributed by atoms with Gasteiger partial charge in [0.05, 0.1) is 0 Å². The second-order valence-corrected chi connectivity index (χ2v) is 1.34. The smallest absolute Gasteiger partial charge is 0.115 e. The van der Waals surface area contributed by atoms with Crippen molar-refractivity contribution >= 4 is 0 Å². The van der Waals surface area contributed by atoms with E-state index in [4.69, 9.17) is 5.11 Å². The molecular weight excluding hydrogens is 116 g/mol. The predicted molar refractivity (Wildman–Crippen MR) is 36.5 cm³/mol. The lowest BCUT2D eigenvalue weighted by Gasteiger charge is -1.82. The maximum absolute atomic E-state index is 8.63. The van der Waals surface area contributed by atoms with Crippen LogP contribution in [-0.2, 0) is 0 Å². The first-order chi connectivity index (χ1) is 4.39. The Morgan fingerprint density at radius 3 is 1.67 bits per heavy atom. The Bertz CT molecular complexity index is 141. The lowest BCUT2D eigenvalue weighted by molar-refractivity contribution is 0.475. The first-order valence-corrected chi connectivity index (χ1v) is 2.47. The number of phenolic OH excluding ortho intramolecular Hbond substituents is 1. The highest BCUT2D eigenvalue weighted by Crippen LogP contribution is 2.02. The molecule has 0 fully saturated rings. The maximum atomic E-state index is 8.63. The van der Waals surface area contributed by atoms with Crippen LogP contribution in [0.2, 0.25) is 0 Å². The van der Waals surface area contributed by atoms with Crippen molar-refractivity contribution in [3.63, 3.8) is 0 Å². The monoisotopic (exact) mass is 126 g/mol. The molecule has 0 radical (unpaired) electrons. The van der Waals surface area contributed by atoms with Crippen molar-refractivity contribution in [2.75, 3.05) is 0 Å². The molecule has 0 saturated carbocycles. The van der Waals surface area contributed by atoms with Gasteiger partial charge in [0.1, 0.15) is 5.75 Å². The molecule has 0 bridgehead atoms. The Kier molecular flexibility index (Phi) is 4.49. The van der Waals surface area contributed by atoms with Gasteiger partial charge in [-0.2, -0.15) is 0 Å². The van der Waals surface area contributed by atoms with Gasteiger partial charge in [0, 0.05) is 0 Å². The first kappa shape index (κ1) is 7.94. The molecule has 3 nitrogen and oxygen atoms in total. The van der Waals surface area contributed by atoms with Crippen LogP contribution in [0.3, 0.4) is 0 Å². The minimum absolute atomic E-state index is 0.322. The average Bonchev–Trinajstić information content (AvgIpc) is 1.94. The van der Waals surface area contributed by atoms with Gasteiger partial charge in [-0.05, 0) is 12.1 Å². The molecule has 1 aromatic rings. The molecule has 3 heteroatoms. The van der Waals surface area contributed by atoms with Crippen LogP contribution in [0.5, 0.6) is 5.75 Å². The molecule has 0 amide bonds. The zero-order chi connectivity index (χ0) is 7.11. The van der Waals surface area contributed by atoms with Gasteiger partial charge in [0.15, 0.2) is 0 Å². The average molecular weight is 126 g/mol. The SMILES string of the molecule is NN.Oc1ccccc1. The van der Waals surface area contributed by atoms with Crippen LogP contribution >= 0.6 is 0 Å². The fourth-order valence-corrected chi connectivity index (χ4v) is 0.428. The highest BCUT2D eigenvalue weighted by atomic mass is 16.3. The van der Waals surface area contributed by atoms with Crippen molar-refractivity contribution in [3.05, 3.63) is 30.3 Å². The quantitative estimate of drug-likeness (QED) is 0.343. The Morgan fingerprint density at radius 1 is 1.00 bits per heavy atom. The third-order valence-corrected chi connectivity index (χ3v) is 0.756. The van der Waals surface area contributed by atoms with Gasteiger partial charge in [-0.1, -0.05) is 18.2 Å². The van der Waals surface area contributed by atoms with Crippen molar-refractivity contribution in [2.24, 2.45) is 11.7 Å². The van der Waals surface area contributed by atoms with E-state index in [1.807, 2.05) is 6.07 Å². The Balaban J connectivity index is 0.000000291. The summed E-state index contributed by atoms with van der Waals surface area (Å²) < 4.78 is 0. The Labute approximate surface area is 53.9 Å². The van der Waals surface area contributed by atoms with Crippen molar-refractivity contribution in [2.45, 2.75) is 0 Å². The van der Waals surface area contributed by atoms with Gasteiger partial charge in [-0.25, -0.2) is 0 Å². The van der Waals surface area contributed by atoms with Crippen LogP contribution in [-0.4, -0.2) is 5.11 Å². The fourth-order valence-electron chi connectivity index (χ4n) is 0.428. The van der Waals surface area contributed by atoms with Crippen molar-refractivity contribution in [1.82, 2.24) is 0 Å². The Morgan fingerprint density at radius 2 is 1.44 bits per heavy atom. The highest BCUT2D eigenvalue weighted by molar-refractivity contribution is 5.18. The van der Waals surface area contributed by atoms with E-state index >= 15 is 0 Å². The number of hydrogen-bond acceptors (Lipinski definition) is 3. The van der Waals surface area contributed by atoms with E-state index in [1.165, 1.54) is 0 Å². The van der Waals surface area contributed by atoms with Gasteiger partial charge >= 0.3 is 0 Å². The summed E-state index contributed by atoms with van der Waals surface area (Å²) in [6.45, 7) is 0. The molecule has 1 aromatic carbocycles. The van der Waals surface area contributed by atoms with Crippen molar-refractivity contribution < 1.29 is 5.11 Å². The summed E-state index contributed by atoms with van der Waals surface area (Å²) in [4.78, 5) is 0. The van der Waals surface area contributed by atoms with Gasteiger partial charge in [-0.15, -0.1) is 0 Å². The van der Waals surface area contributed by atoms with Crippen LogP contribution < -0.4 is 11.7 Å². The van der Waals surface area contributed by atoms with Crippen molar-refractivity contribution in [1.29, 1.82) is 0 Å². The van der Waals surface area contributed by atoms with E-state index in [-0.39, 0.29) is 0 Å². The molecule has 0 saturated heterocycles. The molecule has 0 spiro atoms. The first-order valence-electron chi connectivity index (χ1n) is 2.47. The molecule has 5 N–H and O–H groups in total. The maximum Gasteiger partial charge on any atom is 0.115 e. The summed E-state index contributed by atoms with van der Waals surface area (Å²) >= 11 is 0. The Hall–Kier alpha value is -1.06. The van der Waals surface area contributed by atoms with E-state index in [2.05, 4.69) is 11.7 Å². The molecular formula is C6H10N2O. The highest BCUT2D eigenvalue weighted by Gasteiger charge is 1.74. The summed E-state index contributed by atoms with van der Waals surface area (Å²) in [5.41, 5.74) is 0. The number of aromatic hydroxyl groups is 1. The molecule has 50 valence electrons. The van der Waals surface area contributed by atoms with E-state index in [0.29, 0.717) is 5.75 Å². The molecule has 0 atom stereocenters. The summed E-state index contributed by atoms with van der Waals surface area (Å²) in [5.74, 6) is 8.32. The lowest BCUT2D eigenvalue weighted by atomic mass is 10.3. The van der Waals surface area contributed by atoms with E-state index in [9.17, 15) is 0 Å².